The first-order valence-electron chi connectivity index (χ1n) is 17.5. The second kappa shape index (κ2) is 9.94. The number of rotatable bonds is 2. The van der Waals surface area contributed by atoms with Gasteiger partial charge in [-0.3, -0.25) is 0 Å². The van der Waals surface area contributed by atoms with Gasteiger partial charge in [-0.15, -0.1) is 0 Å². The zero-order valence-electron chi connectivity index (χ0n) is 27.7. The van der Waals surface area contributed by atoms with Gasteiger partial charge in [0.2, 0.25) is 0 Å². The van der Waals surface area contributed by atoms with Gasteiger partial charge in [0.05, 0.1) is 10.8 Å². The average molecular weight is 637 g/mol. The molecular weight excluding hydrogens is 605 g/mol. The highest BCUT2D eigenvalue weighted by Crippen LogP contribution is 2.64. The minimum Gasteiger partial charge on any atom is -0.457 e. The number of fused-ring (bicyclic) bond motifs is 14. The summed E-state index contributed by atoms with van der Waals surface area (Å²) in [6, 6.07) is 65.0. The van der Waals surface area contributed by atoms with Gasteiger partial charge < -0.3 is 4.74 Å². The van der Waals surface area contributed by atoms with Crippen LogP contribution in [0.15, 0.2) is 176 Å². The topological polar surface area (TPSA) is 9.23 Å². The molecule has 0 saturated carbocycles. The molecule has 8 aromatic carbocycles. The molecule has 50 heavy (non-hydrogen) atoms. The lowest BCUT2D eigenvalue weighted by Gasteiger charge is -2.39. The molecule has 1 unspecified atom stereocenters. The van der Waals surface area contributed by atoms with E-state index in [1.165, 1.54) is 83.1 Å². The average Bonchev–Trinajstić information content (AvgIpc) is 3.65. The van der Waals surface area contributed by atoms with E-state index < -0.39 is 10.8 Å². The maximum absolute atomic E-state index is 6.73. The molecule has 1 heterocycles. The van der Waals surface area contributed by atoms with E-state index in [0.717, 1.165) is 11.5 Å². The van der Waals surface area contributed by atoms with Crippen molar-refractivity contribution in [3.63, 3.8) is 0 Å². The zero-order chi connectivity index (χ0) is 33.0. The number of hydrogen-bond donors (Lipinski definition) is 0. The van der Waals surface area contributed by atoms with Crippen LogP contribution in [0, 0.1) is 0 Å². The minimum atomic E-state index is -0.432. The fraction of sp³-hybridized carbons (Fsp3) is 0.0612. The van der Waals surface area contributed by atoms with E-state index in [1.807, 2.05) is 0 Å². The van der Waals surface area contributed by atoms with Gasteiger partial charge in [-0.05, 0) is 97.1 Å². The smallest absolute Gasteiger partial charge is 0.132 e. The fourth-order valence-corrected chi connectivity index (χ4v) is 9.74. The third-order valence-electron chi connectivity index (χ3n) is 11.8. The predicted octanol–water partition coefficient (Wildman–Crippen LogP) is 12.3. The van der Waals surface area contributed by atoms with Crippen LogP contribution in [0.25, 0.3) is 44.2 Å². The normalized spacial score (nSPS) is 16.9. The van der Waals surface area contributed by atoms with Crippen molar-refractivity contribution in [2.75, 3.05) is 0 Å². The summed E-state index contributed by atoms with van der Waals surface area (Å²) in [5.41, 5.74) is 15.9. The molecule has 0 bridgehead atoms. The molecule has 0 saturated heterocycles. The molecule has 8 aromatic rings. The number of para-hydroxylation sites is 1. The Morgan fingerprint density at radius 3 is 1.86 bits per heavy atom. The van der Waals surface area contributed by atoms with Crippen molar-refractivity contribution in [3.05, 3.63) is 215 Å². The Morgan fingerprint density at radius 2 is 1.06 bits per heavy atom. The van der Waals surface area contributed by atoms with Crippen LogP contribution in [-0.4, -0.2) is 0 Å². The Kier molecular flexibility index (Phi) is 5.51. The molecule has 1 aliphatic heterocycles. The molecule has 1 spiro atoms. The van der Waals surface area contributed by atoms with Crippen molar-refractivity contribution >= 4 is 10.8 Å². The first-order valence-corrected chi connectivity index (χ1v) is 17.5. The highest BCUT2D eigenvalue weighted by atomic mass is 16.5. The maximum Gasteiger partial charge on any atom is 0.132 e. The summed E-state index contributed by atoms with van der Waals surface area (Å²) in [6.07, 6.45) is 0. The maximum atomic E-state index is 6.73. The molecule has 1 atom stereocenters. The van der Waals surface area contributed by atoms with Gasteiger partial charge in [0.1, 0.15) is 11.5 Å². The van der Waals surface area contributed by atoms with Crippen LogP contribution in [0.3, 0.4) is 0 Å². The summed E-state index contributed by atoms with van der Waals surface area (Å²) in [5.74, 6) is 1.83. The summed E-state index contributed by atoms with van der Waals surface area (Å²) in [7, 11) is 0. The lowest BCUT2D eigenvalue weighted by Crippen LogP contribution is -2.30. The summed E-state index contributed by atoms with van der Waals surface area (Å²) >= 11 is 0. The summed E-state index contributed by atoms with van der Waals surface area (Å²) < 4.78 is 6.73. The lowest BCUT2D eigenvalue weighted by atomic mass is 9.66. The van der Waals surface area contributed by atoms with Crippen LogP contribution in [0.2, 0.25) is 0 Å². The van der Waals surface area contributed by atoms with Crippen molar-refractivity contribution in [1.29, 1.82) is 0 Å². The third-order valence-corrected chi connectivity index (χ3v) is 11.8. The van der Waals surface area contributed by atoms with E-state index in [0.29, 0.717) is 0 Å². The van der Waals surface area contributed by atoms with Gasteiger partial charge in [-0.1, -0.05) is 158 Å². The summed E-state index contributed by atoms with van der Waals surface area (Å²) in [4.78, 5) is 0. The van der Waals surface area contributed by atoms with Crippen molar-refractivity contribution in [3.8, 4) is 44.9 Å². The lowest BCUT2D eigenvalue weighted by molar-refractivity contribution is 0.428. The minimum absolute atomic E-state index is 0.426. The monoisotopic (exact) mass is 636 g/mol. The van der Waals surface area contributed by atoms with Crippen molar-refractivity contribution in [2.45, 2.75) is 17.8 Å². The SMILES string of the molecule is CC1(c2ccccc2)c2ccccc2Oc2cccc(-c3ccc4c(c3)C3(c5ccccc5-c5ccccc53)c3ccc5ccccc5c3-4)c21. The summed E-state index contributed by atoms with van der Waals surface area (Å²) in [6.45, 7) is 2.37. The molecular formula is C49H32O. The van der Waals surface area contributed by atoms with E-state index in [2.05, 4.69) is 183 Å². The van der Waals surface area contributed by atoms with Crippen LogP contribution >= 0.6 is 0 Å². The van der Waals surface area contributed by atoms with E-state index in [1.54, 1.807) is 0 Å². The highest BCUT2D eigenvalue weighted by molar-refractivity contribution is 6.06. The molecule has 0 fully saturated rings. The molecule has 0 N–H and O–H groups in total. The quantitative estimate of drug-likeness (QED) is 0.183. The largest absolute Gasteiger partial charge is 0.457 e. The second-order valence-electron chi connectivity index (χ2n) is 14.1. The molecule has 0 amide bonds. The van der Waals surface area contributed by atoms with E-state index in [-0.39, 0.29) is 0 Å². The van der Waals surface area contributed by atoms with Gasteiger partial charge in [0.15, 0.2) is 0 Å². The Balaban J connectivity index is 1.24. The highest BCUT2D eigenvalue weighted by Gasteiger charge is 2.52. The van der Waals surface area contributed by atoms with Gasteiger partial charge in [-0.25, -0.2) is 0 Å². The third kappa shape index (κ3) is 3.37. The standard InChI is InChI=1S/C49H32O/c1-48(33-15-3-2-4-16-33)41-23-11-12-24-44(41)50-45-25-13-20-35(47(45)48)32-26-28-38-43(30-32)49(42-29-27-31-14-5-6-17-34(31)46(38)42)39-21-9-7-18-36(39)37-19-8-10-22-40(37)49/h2-30H,1H3. The van der Waals surface area contributed by atoms with E-state index in [4.69, 9.17) is 4.74 Å². The fourth-order valence-electron chi connectivity index (χ4n) is 9.74. The Labute approximate surface area is 292 Å². The van der Waals surface area contributed by atoms with Crippen molar-refractivity contribution in [1.82, 2.24) is 0 Å². The molecule has 11 rings (SSSR count). The zero-order valence-corrected chi connectivity index (χ0v) is 27.7. The summed E-state index contributed by atoms with van der Waals surface area (Å²) in [5, 5.41) is 2.57. The Hall–Kier alpha value is -6.18. The number of benzene rings is 8. The predicted molar refractivity (Wildman–Crippen MR) is 204 cm³/mol. The molecule has 1 heteroatoms. The van der Waals surface area contributed by atoms with Gasteiger partial charge in [-0.2, -0.15) is 0 Å². The number of ether oxygens (including phenoxy) is 1. The van der Waals surface area contributed by atoms with E-state index in [9.17, 15) is 0 Å². The molecule has 3 aliphatic rings. The second-order valence-corrected chi connectivity index (χ2v) is 14.1. The van der Waals surface area contributed by atoms with E-state index >= 15 is 0 Å². The number of hydrogen-bond acceptors (Lipinski definition) is 1. The first-order chi connectivity index (χ1) is 24.7. The van der Waals surface area contributed by atoms with Crippen molar-refractivity contribution < 1.29 is 4.74 Å². The van der Waals surface area contributed by atoms with Crippen LogP contribution in [0.4, 0.5) is 0 Å². The van der Waals surface area contributed by atoms with Crippen LogP contribution in [-0.2, 0) is 10.8 Å². The molecule has 234 valence electrons. The Bertz CT molecular complexity index is 2660. The Morgan fingerprint density at radius 1 is 0.420 bits per heavy atom. The van der Waals surface area contributed by atoms with Gasteiger partial charge in [0.25, 0.3) is 0 Å². The van der Waals surface area contributed by atoms with Gasteiger partial charge >= 0.3 is 0 Å². The molecule has 1 nitrogen and oxygen atoms in total. The van der Waals surface area contributed by atoms with Crippen LogP contribution < -0.4 is 4.74 Å². The van der Waals surface area contributed by atoms with Crippen LogP contribution in [0.5, 0.6) is 11.5 Å². The van der Waals surface area contributed by atoms with Crippen molar-refractivity contribution in [2.24, 2.45) is 0 Å². The molecule has 0 aromatic heterocycles. The van der Waals surface area contributed by atoms with Crippen LogP contribution in [0.1, 0.15) is 45.9 Å². The molecule has 2 aliphatic carbocycles. The van der Waals surface area contributed by atoms with Gasteiger partial charge in [0, 0.05) is 11.1 Å². The first kappa shape index (κ1) is 27.7. The molecule has 0 radical (unpaired) electrons.